The van der Waals surface area contributed by atoms with Gasteiger partial charge in [-0.3, -0.25) is 4.79 Å². The van der Waals surface area contributed by atoms with E-state index >= 15 is 0 Å². The Kier molecular flexibility index (Phi) is 68.8. The van der Waals surface area contributed by atoms with Gasteiger partial charge in [0.2, 0.25) is 5.91 Å². The molecule has 0 aromatic carbocycles. The van der Waals surface area contributed by atoms with Crippen molar-refractivity contribution in [3.63, 3.8) is 0 Å². The zero-order valence-corrected chi connectivity index (χ0v) is 67.2. The summed E-state index contributed by atoms with van der Waals surface area (Å²) in [6.45, 7) is 2.80. The molecule has 14 nitrogen and oxygen atoms in total. The van der Waals surface area contributed by atoms with Crippen LogP contribution in [-0.4, -0.2) is 140 Å². The van der Waals surface area contributed by atoms with Crippen LogP contribution in [0.1, 0.15) is 380 Å². The lowest BCUT2D eigenvalue weighted by Gasteiger charge is -2.46. The average molecular weight is 1480 g/mol. The summed E-state index contributed by atoms with van der Waals surface area (Å²) < 4.78 is 23.0. The van der Waals surface area contributed by atoms with E-state index in [1.807, 2.05) is 0 Å². The highest BCUT2D eigenvalue weighted by Gasteiger charge is 2.51. The maximum absolute atomic E-state index is 13.4. The van der Waals surface area contributed by atoms with Gasteiger partial charge >= 0.3 is 0 Å². The van der Waals surface area contributed by atoms with Crippen LogP contribution >= 0.6 is 0 Å². The highest BCUT2D eigenvalue weighted by atomic mass is 16.7. The quantitative estimate of drug-likeness (QED) is 0.0204. The Bertz CT molecular complexity index is 2140. The van der Waals surface area contributed by atoms with Crippen LogP contribution < -0.4 is 5.32 Å². The van der Waals surface area contributed by atoms with Crippen LogP contribution in [0.2, 0.25) is 0 Å². The predicted molar refractivity (Wildman–Crippen MR) is 438 cm³/mol. The number of unbranched alkanes of at least 4 members (excludes halogenated alkanes) is 45. The molecule has 12 unspecified atom stereocenters. The van der Waals surface area contributed by atoms with E-state index in [2.05, 4.69) is 116 Å². The largest absolute Gasteiger partial charge is 0.394 e. The van der Waals surface area contributed by atoms with E-state index in [0.29, 0.717) is 12.8 Å². The Morgan fingerprint density at radius 3 is 1.01 bits per heavy atom. The minimum atomic E-state index is -1.79. The fraction of sp³-hybridized carbons (Fsp3) is 0.813. The summed E-state index contributed by atoms with van der Waals surface area (Å²) >= 11 is 0. The smallest absolute Gasteiger partial charge is 0.220 e. The zero-order chi connectivity index (χ0) is 75.8. The SMILES string of the molecule is CC/C=C\C/C=C\C/C=C\C/C=C\C/C=C\C/C=C\C/C=C\C/C=C\CCCCCCCCCCCCCCCCC(=O)NC(COC1OC(CO)C(OC2OC(CO)C(O)C(O)C2O)C(O)C1O)C(O)CCCCCCCCCCCCCCCCCCCCCCCCCCCCCCCCCC. The van der Waals surface area contributed by atoms with E-state index in [9.17, 15) is 45.6 Å². The first-order chi connectivity index (χ1) is 51.6. The van der Waals surface area contributed by atoms with Crippen molar-refractivity contribution in [3.8, 4) is 0 Å². The van der Waals surface area contributed by atoms with Crippen LogP contribution in [0, 0.1) is 0 Å². The van der Waals surface area contributed by atoms with Crippen molar-refractivity contribution in [2.24, 2.45) is 0 Å². The van der Waals surface area contributed by atoms with E-state index in [1.165, 1.54) is 250 Å². The van der Waals surface area contributed by atoms with Gasteiger partial charge in [-0.1, -0.05) is 394 Å². The first-order valence-electron chi connectivity index (χ1n) is 44.0. The molecule has 2 fully saturated rings. The molecular weight excluding hydrogens is 1310 g/mol. The van der Waals surface area contributed by atoms with Crippen molar-refractivity contribution in [2.45, 2.75) is 453 Å². The van der Waals surface area contributed by atoms with E-state index in [1.54, 1.807) is 0 Å². The van der Waals surface area contributed by atoms with Gasteiger partial charge < -0.3 is 65.1 Å². The molecule has 2 aliphatic heterocycles. The van der Waals surface area contributed by atoms with Gasteiger partial charge in [0.25, 0.3) is 0 Å². The molecule has 0 aliphatic carbocycles. The number of rotatable bonds is 74. The molecule has 610 valence electrons. The van der Waals surface area contributed by atoms with Crippen molar-refractivity contribution >= 4 is 5.91 Å². The third-order valence-electron chi connectivity index (χ3n) is 21.1. The average Bonchev–Trinajstić information content (AvgIpc) is 0.789. The lowest BCUT2D eigenvalue weighted by Crippen LogP contribution is -2.65. The second kappa shape index (κ2) is 73.7. The first-order valence-corrected chi connectivity index (χ1v) is 44.0. The minimum absolute atomic E-state index is 0.204. The third-order valence-corrected chi connectivity index (χ3v) is 21.1. The summed E-state index contributed by atoms with van der Waals surface area (Å²) in [4.78, 5) is 13.4. The number of hydrogen-bond acceptors (Lipinski definition) is 13. The van der Waals surface area contributed by atoms with Gasteiger partial charge in [-0.25, -0.2) is 0 Å². The number of aliphatic hydroxyl groups excluding tert-OH is 8. The molecule has 0 bridgehead atoms. The lowest BCUT2D eigenvalue weighted by molar-refractivity contribution is -0.359. The normalized spacial score (nSPS) is 21.8. The second-order valence-corrected chi connectivity index (χ2v) is 30.6. The monoisotopic (exact) mass is 1480 g/mol. The molecule has 9 N–H and O–H groups in total. The van der Waals surface area contributed by atoms with Gasteiger partial charge in [0, 0.05) is 6.42 Å². The van der Waals surface area contributed by atoms with Crippen molar-refractivity contribution in [2.75, 3.05) is 19.8 Å². The number of ether oxygens (including phenoxy) is 4. The number of hydrogen-bond donors (Lipinski definition) is 9. The van der Waals surface area contributed by atoms with E-state index < -0.39 is 86.8 Å². The molecule has 2 aliphatic rings. The lowest BCUT2D eigenvalue weighted by atomic mass is 9.97. The van der Waals surface area contributed by atoms with Gasteiger partial charge in [-0.05, 0) is 77.0 Å². The van der Waals surface area contributed by atoms with Crippen molar-refractivity contribution in [1.29, 1.82) is 0 Å². The van der Waals surface area contributed by atoms with Gasteiger partial charge in [-0.15, -0.1) is 0 Å². The molecule has 0 aromatic rings. The Morgan fingerprint density at radius 2 is 0.657 bits per heavy atom. The van der Waals surface area contributed by atoms with Gasteiger partial charge in [0.15, 0.2) is 12.6 Å². The third kappa shape index (κ3) is 55.9. The topological polar surface area (TPSA) is 228 Å². The maximum Gasteiger partial charge on any atom is 0.220 e. The number of aliphatic hydroxyl groups is 8. The molecule has 0 spiro atoms. The zero-order valence-electron chi connectivity index (χ0n) is 67.2. The summed E-state index contributed by atoms with van der Waals surface area (Å²) in [5.74, 6) is -0.204. The molecule has 0 saturated carbocycles. The van der Waals surface area contributed by atoms with Crippen LogP contribution in [0.25, 0.3) is 0 Å². The summed E-state index contributed by atoms with van der Waals surface area (Å²) in [6.07, 6.45) is 88.9. The fourth-order valence-electron chi connectivity index (χ4n) is 14.2. The highest BCUT2D eigenvalue weighted by molar-refractivity contribution is 5.76. The summed E-state index contributed by atoms with van der Waals surface area (Å²) in [7, 11) is 0. The maximum atomic E-state index is 13.4. The Morgan fingerprint density at radius 1 is 0.352 bits per heavy atom. The van der Waals surface area contributed by atoms with Crippen molar-refractivity contribution in [1.82, 2.24) is 5.32 Å². The van der Waals surface area contributed by atoms with Crippen LogP contribution in [0.3, 0.4) is 0 Å². The van der Waals surface area contributed by atoms with Gasteiger partial charge in [0.05, 0.1) is 32.0 Å². The van der Waals surface area contributed by atoms with E-state index in [-0.39, 0.29) is 12.5 Å². The van der Waals surface area contributed by atoms with Crippen LogP contribution in [-0.2, 0) is 23.7 Å². The van der Waals surface area contributed by atoms with Gasteiger partial charge in [0.1, 0.15) is 48.8 Å². The molecular formula is C91H163NO13. The summed E-state index contributed by atoms with van der Waals surface area (Å²) in [6, 6.07) is -0.836. The van der Waals surface area contributed by atoms with Crippen LogP contribution in [0.5, 0.6) is 0 Å². The minimum Gasteiger partial charge on any atom is -0.394 e. The number of amides is 1. The van der Waals surface area contributed by atoms with Crippen molar-refractivity contribution in [3.05, 3.63) is 97.2 Å². The van der Waals surface area contributed by atoms with E-state index in [4.69, 9.17) is 18.9 Å². The molecule has 12 atom stereocenters. The first kappa shape index (κ1) is 98.0. The molecule has 2 heterocycles. The molecule has 105 heavy (non-hydrogen) atoms. The molecule has 2 rings (SSSR count). The number of carbonyl (C=O) groups is 1. The molecule has 0 radical (unpaired) electrons. The predicted octanol–water partition coefficient (Wildman–Crippen LogP) is 21.2. The number of carbonyl (C=O) groups excluding carboxylic acids is 1. The Hall–Kier alpha value is -3.09. The van der Waals surface area contributed by atoms with Crippen molar-refractivity contribution < 1.29 is 64.6 Å². The molecule has 14 heteroatoms. The Balaban J connectivity index is 1.58. The van der Waals surface area contributed by atoms with Gasteiger partial charge in [-0.2, -0.15) is 0 Å². The molecule has 0 aromatic heterocycles. The highest BCUT2D eigenvalue weighted by Crippen LogP contribution is 2.31. The fourth-order valence-corrected chi connectivity index (χ4v) is 14.2. The summed E-state index contributed by atoms with van der Waals surface area (Å²) in [5.41, 5.74) is 0. The van der Waals surface area contributed by atoms with Crippen LogP contribution in [0.15, 0.2) is 97.2 Å². The molecule has 2 saturated heterocycles. The standard InChI is InChI=1S/C91H163NO13/c1-3-5-7-9-11-13-15-17-19-21-23-25-27-29-31-33-35-37-38-39-40-41-42-43-45-47-49-51-53-55-57-59-61-63-65-67-69-71-73-75-83(96)92-79(78-102-90-88(101)86(99)89(82(77-94)104-90)105-91-87(100)85(98)84(97)81(76-93)103-91)80(95)74-72-70-68-66-64-62-60-58-56-54-52-50-48-46-44-36-34-32-30-28-26-24-22-20-18-16-14-12-10-8-6-4-2/h5,7,11,13,17,19,23,25,29,31,35,37,39-40,42-43,79-82,84-91,93-95,97-101H,3-4,6,8-10,12,14-16,18,20-22,24,26-28,30,32-34,36,38,41,44-78H2,1-2H3,(H,92,96)/b7-5-,13-11-,19-17-,25-23-,31-29-,37-35-,40-39-,43-42-. The summed E-state index contributed by atoms with van der Waals surface area (Å²) in [5, 5.41) is 88.0. The Labute approximate surface area is 643 Å². The number of allylic oxidation sites excluding steroid dienone is 16. The molecule has 1 amide bonds. The van der Waals surface area contributed by atoms with Crippen LogP contribution in [0.4, 0.5) is 0 Å². The number of nitrogens with one attached hydrogen (secondary N) is 1. The second-order valence-electron chi connectivity index (χ2n) is 30.6. The van der Waals surface area contributed by atoms with E-state index in [0.717, 1.165) is 103 Å².